The summed E-state index contributed by atoms with van der Waals surface area (Å²) >= 11 is 12.3. The maximum Gasteiger partial charge on any atom is 0.120 e. The maximum atomic E-state index is 6.14. The van der Waals surface area contributed by atoms with Crippen LogP contribution >= 0.6 is 23.2 Å². The van der Waals surface area contributed by atoms with E-state index in [1.807, 2.05) is 72.8 Å². The normalized spacial score (nSPS) is 10.8. The van der Waals surface area contributed by atoms with Crippen LogP contribution in [0.4, 0.5) is 0 Å². The number of halogens is 2. The Labute approximate surface area is 163 Å². The van der Waals surface area contributed by atoms with Crippen molar-refractivity contribution in [3.8, 4) is 5.75 Å². The second kappa shape index (κ2) is 9.27. The summed E-state index contributed by atoms with van der Waals surface area (Å²) in [6, 6.07) is 23.3. The van der Waals surface area contributed by atoms with Gasteiger partial charge >= 0.3 is 0 Å². The van der Waals surface area contributed by atoms with Crippen molar-refractivity contribution in [1.82, 2.24) is 5.43 Å². The number of ether oxygens (including phenoxy) is 1. The Kier molecular flexibility index (Phi) is 6.53. The van der Waals surface area contributed by atoms with Crippen LogP contribution in [-0.2, 0) is 13.2 Å². The van der Waals surface area contributed by atoms with Crippen molar-refractivity contribution in [2.45, 2.75) is 13.2 Å². The van der Waals surface area contributed by atoms with Gasteiger partial charge in [-0.2, -0.15) is 5.10 Å². The summed E-state index contributed by atoms with van der Waals surface area (Å²) in [7, 11) is 0. The van der Waals surface area contributed by atoms with Gasteiger partial charge in [0.25, 0.3) is 0 Å². The molecule has 26 heavy (non-hydrogen) atoms. The fourth-order valence-electron chi connectivity index (χ4n) is 2.37. The number of benzene rings is 3. The van der Waals surface area contributed by atoms with Gasteiger partial charge in [0.2, 0.25) is 0 Å². The van der Waals surface area contributed by atoms with Crippen LogP contribution in [0.15, 0.2) is 77.9 Å². The van der Waals surface area contributed by atoms with Crippen molar-refractivity contribution < 1.29 is 4.74 Å². The topological polar surface area (TPSA) is 33.6 Å². The smallest absolute Gasteiger partial charge is 0.120 e. The molecule has 0 aromatic heterocycles. The van der Waals surface area contributed by atoms with E-state index in [0.29, 0.717) is 23.2 Å². The molecular weight excluding hydrogens is 367 g/mol. The van der Waals surface area contributed by atoms with Crippen LogP contribution < -0.4 is 10.2 Å². The molecule has 0 fully saturated rings. The van der Waals surface area contributed by atoms with E-state index in [1.54, 1.807) is 6.21 Å². The first-order chi connectivity index (χ1) is 12.7. The molecule has 0 amide bonds. The van der Waals surface area contributed by atoms with Crippen molar-refractivity contribution in [2.24, 2.45) is 5.10 Å². The van der Waals surface area contributed by atoms with Crippen molar-refractivity contribution >= 4 is 29.4 Å². The minimum Gasteiger partial charge on any atom is -0.489 e. The quantitative estimate of drug-likeness (QED) is 0.418. The predicted octanol–water partition coefficient (Wildman–Crippen LogP) is 5.70. The zero-order valence-corrected chi connectivity index (χ0v) is 15.5. The highest BCUT2D eigenvalue weighted by Crippen LogP contribution is 2.23. The Morgan fingerprint density at radius 3 is 2.38 bits per heavy atom. The summed E-state index contributed by atoms with van der Waals surface area (Å²) in [6.45, 7) is 0.990. The SMILES string of the molecule is Clc1cccc(Cl)c1CN/N=C\c1cccc(OCc2ccccc2)c1. The summed E-state index contributed by atoms with van der Waals surface area (Å²) in [6.07, 6.45) is 1.74. The van der Waals surface area contributed by atoms with Gasteiger partial charge in [0.1, 0.15) is 12.4 Å². The Bertz CT molecular complexity index is 862. The van der Waals surface area contributed by atoms with Crippen LogP contribution in [0, 0.1) is 0 Å². The van der Waals surface area contributed by atoms with Crippen LogP contribution in [-0.4, -0.2) is 6.21 Å². The lowest BCUT2D eigenvalue weighted by atomic mass is 10.2. The molecule has 3 nitrogen and oxygen atoms in total. The van der Waals surface area contributed by atoms with Crippen LogP contribution in [0.5, 0.6) is 5.75 Å². The van der Waals surface area contributed by atoms with E-state index in [4.69, 9.17) is 27.9 Å². The molecule has 3 rings (SSSR count). The van der Waals surface area contributed by atoms with Crippen LogP contribution in [0.25, 0.3) is 0 Å². The van der Waals surface area contributed by atoms with Gasteiger partial charge in [0.15, 0.2) is 0 Å². The molecule has 0 spiro atoms. The molecule has 0 aliphatic carbocycles. The third-order valence-corrected chi connectivity index (χ3v) is 4.44. The Balaban J connectivity index is 1.55. The lowest BCUT2D eigenvalue weighted by Gasteiger charge is -2.07. The van der Waals surface area contributed by atoms with Gasteiger partial charge in [-0.1, -0.05) is 71.7 Å². The largest absolute Gasteiger partial charge is 0.489 e. The molecule has 132 valence electrons. The van der Waals surface area contributed by atoms with E-state index in [9.17, 15) is 0 Å². The van der Waals surface area contributed by atoms with E-state index in [0.717, 1.165) is 22.4 Å². The number of nitrogens with zero attached hydrogens (tertiary/aromatic N) is 1. The fraction of sp³-hybridized carbons (Fsp3) is 0.0952. The monoisotopic (exact) mass is 384 g/mol. The zero-order chi connectivity index (χ0) is 18.2. The summed E-state index contributed by atoms with van der Waals surface area (Å²) < 4.78 is 5.82. The third kappa shape index (κ3) is 5.25. The van der Waals surface area contributed by atoms with E-state index < -0.39 is 0 Å². The average molecular weight is 385 g/mol. The molecule has 0 aliphatic heterocycles. The summed E-state index contributed by atoms with van der Waals surface area (Å²) in [4.78, 5) is 0. The molecular formula is C21H18Cl2N2O. The number of rotatable bonds is 7. The van der Waals surface area contributed by atoms with E-state index in [2.05, 4.69) is 10.5 Å². The van der Waals surface area contributed by atoms with Gasteiger partial charge in [-0.05, 0) is 35.4 Å². The second-order valence-electron chi connectivity index (χ2n) is 5.64. The highest BCUT2D eigenvalue weighted by molar-refractivity contribution is 6.35. The lowest BCUT2D eigenvalue weighted by molar-refractivity contribution is 0.306. The summed E-state index contributed by atoms with van der Waals surface area (Å²) in [5.41, 5.74) is 5.86. The minimum atomic E-state index is 0.458. The zero-order valence-electron chi connectivity index (χ0n) is 14.0. The molecule has 3 aromatic rings. The molecule has 0 saturated carbocycles. The first kappa shape index (κ1) is 18.3. The van der Waals surface area contributed by atoms with Gasteiger partial charge in [-0.3, -0.25) is 0 Å². The van der Waals surface area contributed by atoms with Crippen LogP contribution in [0.1, 0.15) is 16.7 Å². The Morgan fingerprint density at radius 2 is 1.62 bits per heavy atom. The third-order valence-electron chi connectivity index (χ3n) is 3.73. The molecule has 0 bridgehead atoms. The Morgan fingerprint density at radius 1 is 0.885 bits per heavy atom. The predicted molar refractivity (Wildman–Crippen MR) is 108 cm³/mol. The van der Waals surface area contributed by atoms with Gasteiger partial charge in [-0.25, -0.2) is 0 Å². The number of hydrogen-bond donors (Lipinski definition) is 1. The number of nitrogens with one attached hydrogen (secondary N) is 1. The summed E-state index contributed by atoms with van der Waals surface area (Å²) in [5, 5.41) is 5.47. The molecule has 1 N–H and O–H groups in total. The average Bonchev–Trinajstić information content (AvgIpc) is 2.67. The molecule has 0 radical (unpaired) electrons. The van der Waals surface area contributed by atoms with Gasteiger partial charge in [0.05, 0.1) is 12.8 Å². The standard InChI is InChI=1S/C21H18Cl2N2O/c22-20-10-5-11-21(23)19(20)14-25-24-13-17-8-4-9-18(12-17)26-15-16-6-2-1-3-7-16/h1-13,25H,14-15H2/b24-13-. The molecule has 5 heteroatoms. The molecule has 0 unspecified atom stereocenters. The lowest BCUT2D eigenvalue weighted by Crippen LogP contribution is -2.06. The fourth-order valence-corrected chi connectivity index (χ4v) is 2.90. The van der Waals surface area contributed by atoms with Crippen molar-refractivity contribution in [3.63, 3.8) is 0 Å². The maximum absolute atomic E-state index is 6.14. The molecule has 0 atom stereocenters. The highest BCUT2D eigenvalue weighted by Gasteiger charge is 2.03. The highest BCUT2D eigenvalue weighted by atomic mass is 35.5. The Hall–Kier alpha value is -2.49. The number of hydrazone groups is 1. The van der Waals surface area contributed by atoms with Gasteiger partial charge in [-0.15, -0.1) is 0 Å². The number of hydrogen-bond acceptors (Lipinski definition) is 3. The van der Waals surface area contributed by atoms with Crippen LogP contribution in [0.2, 0.25) is 10.0 Å². The molecule has 3 aromatic carbocycles. The first-order valence-corrected chi connectivity index (χ1v) is 8.93. The minimum absolute atomic E-state index is 0.458. The van der Waals surface area contributed by atoms with E-state index >= 15 is 0 Å². The van der Waals surface area contributed by atoms with Crippen molar-refractivity contribution in [3.05, 3.63) is 99.5 Å². The molecule has 0 aliphatic rings. The van der Waals surface area contributed by atoms with Crippen molar-refractivity contribution in [2.75, 3.05) is 0 Å². The van der Waals surface area contributed by atoms with Gasteiger partial charge < -0.3 is 10.2 Å². The van der Waals surface area contributed by atoms with E-state index in [-0.39, 0.29) is 0 Å². The van der Waals surface area contributed by atoms with Crippen molar-refractivity contribution in [1.29, 1.82) is 0 Å². The van der Waals surface area contributed by atoms with E-state index in [1.165, 1.54) is 0 Å². The van der Waals surface area contributed by atoms with Gasteiger partial charge in [0, 0.05) is 15.6 Å². The molecule has 0 saturated heterocycles. The first-order valence-electron chi connectivity index (χ1n) is 8.18. The molecule has 0 heterocycles. The van der Waals surface area contributed by atoms with Crippen LogP contribution in [0.3, 0.4) is 0 Å². The second-order valence-corrected chi connectivity index (χ2v) is 6.45. The summed E-state index contributed by atoms with van der Waals surface area (Å²) in [5.74, 6) is 0.798.